The predicted molar refractivity (Wildman–Crippen MR) is 180 cm³/mol. The molecule has 0 saturated carbocycles. The molecule has 4 N–H and O–H groups in total. The quantitative estimate of drug-likeness (QED) is 0.189. The van der Waals surface area contributed by atoms with Crippen molar-refractivity contribution >= 4 is 17.8 Å². The highest BCUT2D eigenvalue weighted by molar-refractivity contribution is 5.78. The second-order valence-corrected chi connectivity index (χ2v) is 12.6. The Morgan fingerprint density at radius 3 is 2.11 bits per heavy atom. The largest absolute Gasteiger partial charge is 0.483 e. The summed E-state index contributed by atoms with van der Waals surface area (Å²) >= 11 is 0. The lowest BCUT2D eigenvalue weighted by Gasteiger charge is -2.29. The molecule has 0 bridgehead atoms. The molecular formula is C37H48N4O5. The fraction of sp³-hybridized carbons (Fsp3) is 0.432. The first-order valence-corrected chi connectivity index (χ1v) is 16.2. The van der Waals surface area contributed by atoms with E-state index in [4.69, 9.17) is 4.74 Å². The van der Waals surface area contributed by atoms with Crippen LogP contribution in [0.3, 0.4) is 0 Å². The number of urea groups is 1. The number of aliphatic hydroxyl groups excluding tert-OH is 1. The predicted octanol–water partition coefficient (Wildman–Crippen LogP) is 4.25. The number of rotatable bonds is 16. The SMILES string of the molecule is Cc1cc(C)c(OCC(=O)N[C@@H](Cc2ccccc2)[C@@H](O)C[C@H](Cc2ccccc2)NC(=O)CC(C)CN2CCNC2=O)c(C)c1. The number of aryl methyl sites for hydroxylation is 3. The monoisotopic (exact) mass is 628 g/mol. The Labute approximate surface area is 272 Å². The first kappa shape index (κ1) is 34.5. The zero-order valence-corrected chi connectivity index (χ0v) is 27.4. The van der Waals surface area contributed by atoms with Crippen LogP contribution in [0.5, 0.6) is 5.75 Å². The van der Waals surface area contributed by atoms with Gasteiger partial charge < -0.3 is 30.7 Å². The van der Waals surface area contributed by atoms with Gasteiger partial charge in [-0.05, 0) is 68.2 Å². The molecule has 46 heavy (non-hydrogen) atoms. The van der Waals surface area contributed by atoms with Crippen molar-refractivity contribution in [2.24, 2.45) is 5.92 Å². The Morgan fingerprint density at radius 1 is 0.913 bits per heavy atom. The number of nitrogens with one attached hydrogen (secondary N) is 3. The van der Waals surface area contributed by atoms with Gasteiger partial charge in [0, 0.05) is 32.1 Å². The molecule has 1 unspecified atom stereocenters. The molecule has 1 fully saturated rings. The van der Waals surface area contributed by atoms with Gasteiger partial charge in [-0.15, -0.1) is 0 Å². The minimum atomic E-state index is -0.952. The normalized spacial score (nSPS) is 15.4. The van der Waals surface area contributed by atoms with Crippen molar-refractivity contribution in [3.8, 4) is 5.75 Å². The Kier molecular flexibility index (Phi) is 12.6. The molecule has 9 nitrogen and oxygen atoms in total. The van der Waals surface area contributed by atoms with Gasteiger partial charge in [0.2, 0.25) is 5.91 Å². The number of benzene rings is 3. The number of nitrogens with zero attached hydrogens (tertiary/aromatic N) is 1. The maximum absolute atomic E-state index is 13.2. The Balaban J connectivity index is 1.44. The first-order valence-electron chi connectivity index (χ1n) is 16.2. The van der Waals surface area contributed by atoms with E-state index in [1.165, 1.54) is 0 Å². The van der Waals surface area contributed by atoms with Gasteiger partial charge in [0.1, 0.15) is 5.75 Å². The van der Waals surface area contributed by atoms with Crippen LogP contribution in [0.15, 0.2) is 72.8 Å². The fourth-order valence-corrected chi connectivity index (χ4v) is 6.21. The molecule has 1 aliphatic rings. The lowest BCUT2D eigenvalue weighted by Crippen LogP contribution is -2.49. The summed E-state index contributed by atoms with van der Waals surface area (Å²) in [4.78, 5) is 40.1. The van der Waals surface area contributed by atoms with Crippen LogP contribution < -0.4 is 20.7 Å². The van der Waals surface area contributed by atoms with Gasteiger partial charge in [0.05, 0.1) is 12.1 Å². The summed E-state index contributed by atoms with van der Waals surface area (Å²) in [6.45, 7) is 9.47. The van der Waals surface area contributed by atoms with E-state index in [1.807, 2.05) is 100 Å². The van der Waals surface area contributed by atoms with Crippen molar-refractivity contribution < 1.29 is 24.2 Å². The van der Waals surface area contributed by atoms with Gasteiger partial charge >= 0.3 is 6.03 Å². The van der Waals surface area contributed by atoms with Gasteiger partial charge in [-0.3, -0.25) is 9.59 Å². The third-order valence-corrected chi connectivity index (χ3v) is 8.29. The van der Waals surface area contributed by atoms with E-state index in [9.17, 15) is 19.5 Å². The average molecular weight is 629 g/mol. The summed E-state index contributed by atoms with van der Waals surface area (Å²) in [5, 5.41) is 20.6. The zero-order chi connectivity index (χ0) is 33.1. The Bertz CT molecular complexity index is 1430. The number of carbonyl (C=O) groups is 3. The van der Waals surface area contributed by atoms with E-state index in [0.717, 1.165) is 27.8 Å². The van der Waals surface area contributed by atoms with Crippen molar-refractivity contribution in [3.05, 3.63) is 101 Å². The summed E-state index contributed by atoms with van der Waals surface area (Å²) in [5.41, 5.74) is 5.06. The van der Waals surface area contributed by atoms with Crippen LogP contribution in [-0.4, -0.2) is 72.3 Å². The van der Waals surface area contributed by atoms with Crippen molar-refractivity contribution in [2.45, 2.75) is 71.6 Å². The summed E-state index contributed by atoms with van der Waals surface area (Å²) < 4.78 is 5.94. The van der Waals surface area contributed by atoms with Gasteiger partial charge in [0.25, 0.3) is 5.91 Å². The molecule has 0 aliphatic carbocycles. The van der Waals surface area contributed by atoms with Crippen molar-refractivity contribution in [2.75, 3.05) is 26.2 Å². The summed E-state index contributed by atoms with van der Waals surface area (Å²) in [6, 6.07) is 22.5. The molecule has 4 amide bonds. The number of amides is 4. The average Bonchev–Trinajstić information content (AvgIpc) is 3.40. The van der Waals surface area contributed by atoms with Crippen LogP contribution in [0.1, 0.15) is 47.6 Å². The van der Waals surface area contributed by atoms with Gasteiger partial charge in [-0.2, -0.15) is 0 Å². The summed E-state index contributed by atoms with van der Waals surface area (Å²) in [5.74, 6) is 0.187. The van der Waals surface area contributed by atoms with E-state index in [2.05, 4.69) is 16.0 Å². The molecule has 1 heterocycles. The summed E-state index contributed by atoms with van der Waals surface area (Å²) in [7, 11) is 0. The second kappa shape index (κ2) is 16.8. The van der Waals surface area contributed by atoms with E-state index >= 15 is 0 Å². The van der Waals surface area contributed by atoms with Crippen LogP contribution in [0.4, 0.5) is 4.79 Å². The molecular weight excluding hydrogens is 580 g/mol. The molecule has 0 radical (unpaired) electrons. The van der Waals surface area contributed by atoms with E-state index < -0.39 is 12.1 Å². The highest BCUT2D eigenvalue weighted by Gasteiger charge is 2.28. The highest BCUT2D eigenvalue weighted by Crippen LogP contribution is 2.24. The molecule has 4 atom stereocenters. The highest BCUT2D eigenvalue weighted by atomic mass is 16.5. The van der Waals surface area contributed by atoms with Crippen LogP contribution in [-0.2, 0) is 22.4 Å². The third-order valence-electron chi connectivity index (χ3n) is 8.29. The topological polar surface area (TPSA) is 120 Å². The van der Waals surface area contributed by atoms with E-state index in [0.29, 0.717) is 38.2 Å². The molecule has 1 aliphatic heterocycles. The lowest BCUT2D eigenvalue weighted by molar-refractivity contribution is -0.125. The van der Waals surface area contributed by atoms with Gasteiger partial charge in [0.15, 0.2) is 6.61 Å². The molecule has 0 aromatic heterocycles. The Morgan fingerprint density at radius 2 is 1.52 bits per heavy atom. The smallest absolute Gasteiger partial charge is 0.317 e. The van der Waals surface area contributed by atoms with Crippen molar-refractivity contribution in [1.29, 1.82) is 0 Å². The van der Waals surface area contributed by atoms with Gasteiger partial charge in [-0.1, -0.05) is 85.3 Å². The van der Waals surface area contributed by atoms with Crippen LogP contribution in [0, 0.1) is 26.7 Å². The fourth-order valence-electron chi connectivity index (χ4n) is 6.21. The lowest BCUT2D eigenvalue weighted by atomic mass is 9.93. The minimum absolute atomic E-state index is 0.0305. The minimum Gasteiger partial charge on any atom is -0.483 e. The van der Waals surface area contributed by atoms with Crippen LogP contribution >= 0.6 is 0 Å². The van der Waals surface area contributed by atoms with Crippen molar-refractivity contribution in [3.63, 3.8) is 0 Å². The van der Waals surface area contributed by atoms with Crippen molar-refractivity contribution in [1.82, 2.24) is 20.9 Å². The molecule has 9 heteroatoms. The molecule has 246 valence electrons. The first-order chi connectivity index (χ1) is 22.1. The molecule has 3 aromatic carbocycles. The molecule has 3 aromatic rings. The molecule has 0 spiro atoms. The number of hydrogen-bond donors (Lipinski definition) is 4. The molecule has 1 saturated heterocycles. The molecule has 4 rings (SSSR count). The Hall–Kier alpha value is -4.37. The number of ether oxygens (including phenoxy) is 1. The third kappa shape index (κ3) is 10.6. The standard InChI is InChI=1S/C37H48N4O5/c1-25-17-27(3)36(28(4)18-25)46-24-35(44)40-32(21-30-13-9-6-10-14-30)33(42)22-31(20-29-11-7-5-8-12-29)39-34(43)19-26(2)23-41-16-15-38-37(41)45/h5-14,17-18,26,31-33,42H,15-16,19-24H2,1-4H3,(H,38,45)(H,39,43)(H,40,44)/t26?,31-,32-,33-/m0/s1. The number of aliphatic hydroxyl groups is 1. The van der Waals surface area contributed by atoms with Gasteiger partial charge in [-0.25, -0.2) is 4.79 Å². The summed E-state index contributed by atoms with van der Waals surface area (Å²) in [6.07, 6.45) is 0.472. The zero-order valence-electron chi connectivity index (χ0n) is 27.4. The van der Waals surface area contributed by atoms with Crippen LogP contribution in [0.25, 0.3) is 0 Å². The maximum Gasteiger partial charge on any atom is 0.317 e. The maximum atomic E-state index is 13.2. The van der Waals surface area contributed by atoms with E-state index in [-0.39, 0.29) is 49.3 Å². The van der Waals surface area contributed by atoms with E-state index in [1.54, 1.807) is 4.90 Å². The number of carbonyl (C=O) groups excluding carboxylic acids is 3. The second-order valence-electron chi connectivity index (χ2n) is 12.6. The number of hydrogen-bond acceptors (Lipinski definition) is 5. The van der Waals surface area contributed by atoms with Crippen LogP contribution in [0.2, 0.25) is 0 Å².